The molecule has 0 aliphatic carbocycles. The van der Waals surface area contributed by atoms with Crippen LogP contribution in [-0.2, 0) is 6.54 Å². The average Bonchev–Trinajstić information content (AvgIpc) is 2.38. The van der Waals surface area contributed by atoms with E-state index in [1.807, 2.05) is 0 Å². The number of hydrogen-bond donors (Lipinski definition) is 1. The van der Waals surface area contributed by atoms with E-state index in [-0.39, 0.29) is 22.2 Å². The van der Waals surface area contributed by atoms with Crippen LogP contribution in [0.3, 0.4) is 0 Å². The summed E-state index contributed by atoms with van der Waals surface area (Å²) in [5.74, 6) is -1.97. The lowest BCUT2D eigenvalue weighted by molar-refractivity contribution is 0.0695. The quantitative estimate of drug-likeness (QED) is 0.919. The fraction of sp³-hybridized carbons (Fsp3) is 0.231. The number of carboxylic acids is 1. The third-order valence-corrected chi connectivity index (χ3v) is 2.92. The lowest BCUT2D eigenvalue weighted by Crippen LogP contribution is -2.19. The van der Waals surface area contributed by atoms with E-state index in [0.29, 0.717) is 6.54 Å². The van der Waals surface area contributed by atoms with Gasteiger partial charge in [0.2, 0.25) is 5.43 Å². The molecule has 0 spiro atoms. The van der Waals surface area contributed by atoms with Crippen molar-refractivity contribution in [2.75, 3.05) is 7.11 Å². The zero-order valence-electron chi connectivity index (χ0n) is 10.4. The van der Waals surface area contributed by atoms with Gasteiger partial charge in [-0.3, -0.25) is 4.79 Å². The first-order valence-corrected chi connectivity index (χ1v) is 5.64. The predicted molar refractivity (Wildman–Crippen MR) is 67.4 cm³/mol. The molecular formula is C13H12FNO4. The highest BCUT2D eigenvalue weighted by Gasteiger charge is 2.18. The molecule has 0 bridgehead atoms. The van der Waals surface area contributed by atoms with Crippen molar-refractivity contribution in [3.63, 3.8) is 0 Å². The molecule has 0 saturated carbocycles. The Kier molecular flexibility index (Phi) is 3.25. The van der Waals surface area contributed by atoms with Gasteiger partial charge in [-0.15, -0.1) is 0 Å². The number of carbonyl (C=O) groups is 1. The summed E-state index contributed by atoms with van der Waals surface area (Å²) in [6.07, 6.45) is 1.20. The standard InChI is InChI=1S/C13H12FNO4/c1-3-15-6-8(13(17)18)11(16)7-4-5-9(14)12(19-2)10(7)15/h4-6H,3H2,1-2H3,(H,17,18). The molecule has 2 aromatic rings. The summed E-state index contributed by atoms with van der Waals surface area (Å²) >= 11 is 0. The molecule has 0 saturated heterocycles. The highest BCUT2D eigenvalue weighted by Crippen LogP contribution is 2.27. The summed E-state index contributed by atoms with van der Waals surface area (Å²) in [5, 5.41) is 9.13. The van der Waals surface area contributed by atoms with Crippen LogP contribution in [-0.4, -0.2) is 22.8 Å². The normalized spacial score (nSPS) is 10.7. The van der Waals surface area contributed by atoms with E-state index >= 15 is 0 Å². The summed E-state index contributed by atoms with van der Waals surface area (Å²) in [4.78, 5) is 23.1. The molecule has 0 aliphatic rings. The number of hydrogen-bond acceptors (Lipinski definition) is 3. The van der Waals surface area contributed by atoms with Gasteiger partial charge in [0.15, 0.2) is 11.6 Å². The van der Waals surface area contributed by atoms with Gasteiger partial charge in [0.05, 0.1) is 18.0 Å². The minimum atomic E-state index is -1.31. The Bertz CT molecular complexity index is 721. The number of rotatable bonds is 3. The second kappa shape index (κ2) is 4.72. The van der Waals surface area contributed by atoms with Crippen LogP contribution in [0.25, 0.3) is 10.9 Å². The Labute approximate surface area is 107 Å². The molecule has 0 radical (unpaired) electrons. The van der Waals surface area contributed by atoms with Crippen LogP contribution in [0.4, 0.5) is 4.39 Å². The van der Waals surface area contributed by atoms with Gasteiger partial charge >= 0.3 is 5.97 Å². The van der Waals surface area contributed by atoms with Crippen molar-refractivity contribution in [2.24, 2.45) is 0 Å². The predicted octanol–water partition coefficient (Wildman–Crippen LogP) is 1.87. The first kappa shape index (κ1) is 13.1. The summed E-state index contributed by atoms with van der Waals surface area (Å²) in [6.45, 7) is 2.15. The van der Waals surface area contributed by atoms with Gasteiger partial charge in [-0.2, -0.15) is 0 Å². The van der Waals surface area contributed by atoms with Crippen molar-refractivity contribution in [1.29, 1.82) is 0 Å². The number of aromatic carboxylic acids is 1. The molecule has 0 fully saturated rings. The maximum Gasteiger partial charge on any atom is 0.341 e. The van der Waals surface area contributed by atoms with Crippen molar-refractivity contribution in [1.82, 2.24) is 4.57 Å². The number of methoxy groups -OCH3 is 1. The van der Waals surface area contributed by atoms with E-state index in [0.717, 1.165) is 6.07 Å². The SMILES string of the molecule is CCn1cc(C(=O)O)c(=O)c2ccc(F)c(OC)c21. The van der Waals surface area contributed by atoms with Crippen molar-refractivity contribution >= 4 is 16.9 Å². The zero-order chi connectivity index (χ0) is 14.2. The number of benzene rings is 1. The second-order valence-corrected chi connectivity index (χ2v) is 3.94. The average molecular weight is 265 g/mol. The Morgan fingerprint density at radius 1 is 1.47 bits per heavy atom. The van der Waals surface area contributed by atoms with Crippen LogP contribution in [0.1, 0.15) is 17.3 Å². The number of aryl methyl sites for hydroxylation is 1. The number of pyridine rings is 1. The Hall–Kier alpha value is -2.37. The van der Waals surface area contributed by atoms with Gasteiger partial charge in [-0.25, -0.2) is 9.18 Å². The van der Waals surface area contributed by atoms with E-state index < -0.39 is 17.2 Å². The molecule has 1 heterocycles. The van der Waals surface area contributed by atoms with E-state index in [1.165, 1.54) is 23.9 Å². The number of aromatic nitrogens is 1. The smallest absolute Gasteiger partial charge is 0.341 e. The van der Waals surface area contributed by atoms with Crippen LogP contribution in [0, 0.1) is 5.82 Å². The number of ether oxygens (including phenoxy) is 1. The molecular weight excluding hydrogens is 253 g/mol. The topological polar surface area (TPSA) is 68.5 Å². The van der Waals surface area contributed by atoms with Gasteiger partial charge in [-0.05, 0) is 19.1 Å². The first-order valence-electron chi connectivity index (χ1n) is 5.64. The lowest BCUT2D eigenvalue weighted by Gasteiger charge is -2.13. The molecule has 6 heteroatoms. The zero-order valence-corrected chi connectivity index (χ0v) is 10.4. The van der Waals surface area contributed by atoms with Crippen molar-refractivity contribution in [3.05, 3.63) is 39.9 Å². The van der Waals surface area contributed by atoms with E-state index in [4.69, 9.17) is 9.84 Å². The molecule has 100 valence electrons. The van der Waals surface area contributed by atoms with Gasteiger partial charge in [0, 0.05) is 12.7 Å². The molecule has 1 aromatic carbocycles. The minimum absolute atomic E-state index is 0.0617. The van der Waals surface area contributed by atoms with Crippen molar-refractivity contribution in [2.45, 2.75) is 13.5 Å². The molecule has 1 aromatic heterocycles. The monoisotopic (exact) mass is 265 g/mol. The van der Waals surface area contributed by atoms with Gasteiger partial charge in [-0.1, -0.05) is 0 Å². The van der Waals surface area contributed by atoms with Crippen LogP contribution in [0.15, 0.2) is 23.1 Å². The molecule has 0 aliphatic heterocycles. The number of nitrogens with zero attached hydrogens (tertiary/aromatic N) is 1. The lowest BCUT2D eigenvalue weighted by atomic mass is 10.1. The maximum atomic E-state index is 13.7. The van der Waals surface area contributed by atoms with Crippen LogP contribution in [0.2, 0.25) is 0 Å². The molecule has 1 N–H and O–H groups in total. The van der Waals surface area contributed by atoms with Gasteiger partial charge in [0.1, 0.15) is 5.56 Å². The number of fused-ring (bicyclic) bond motifs is 1. The molecule has 5 nitrogen and oxygen atoms in total. The second-order valence-electron chi connectivity index (χ2n) is 3.94. The summed E-state index contributed by atoms with van der Waals surface area (Å²) in [6, 6.07) is 2.36. The summed E-state index contributed by atoms with van der Waals surface area (Å²) in [7, 11) is 1.30. The third-order valence-electron chi connectivity index (χ3n) is 2.92. The van der Waals surface area contributed by atoms with Crippen LogP contribution >= 0.6 is 0 Å². The van der Waals surface area contributed by atoms with Crippen LogP contribution in [0.5, 0.6) is 5.75 Å². The largest absolute Gasteiger partial charge is 0.492 e. The Morgan fingerprint density at radius 3 is 2.68 bits per heavy atom. The van der Waals surface area contributed by atoms with Crippen molar-refractivity contribution in [3.8, 4) is 5.75 Å². The maximum absolute atomic E-state index is 13.7. The molecule has 0 amide bonds. The summed E-state index contributed by atoms with van der Waals surface area (Å²) in [5.41, 5.74) is -0.728. The van der Waals surface area contributed by atoms with Gasteiger partial charge in [0.25, 0.3) is 0 Å². The van der Waals surface area contributed by atoms with E-state index in [1.54, 1.807) is 6.92 Å². The number of carboxylic acid groups (broad SMARTS) is 1. The van der Waals surface area contributed by atoms with Crippen LogP contribution < -0.4 is 10.2 Å². The minimum Gasteiger partial charge on any atom is -0.492 e. The summed E-state index contributed by atoms with van der Waals surface area (Å²) < 4.78 is 20.1. The third kappa shape index (κ3) is 1.95. The fourth-order valence-corrected chi connectivity index (χ4v) is 2.03. The van der Waals surface area contributed by atoms with E-state index in [2.05, 4.69) is 0 Å². The molecule has 0 unspecified atom stereocenters. The highest BCUT2D eigenvalue weighted by atomic mass is 19.1. The first-order chi connectivity index (χ1) is 9.01. The van der Waals surface area contributed by atoms with E-state index in [9.17, 15) is 14.0 Å². The van der Waals surface area contributed by atoms with Crippen molar-refractivity contribution < 1.29 is 19.0 Å². The molecule has 0 atom stereocenters. The molecule has 19 heavy (non-hydrogen) atoms. The Balaban J connectivity index is 3.02. The number of halogens is 1. The molecule has 2 rings (SSSR count). The Morgan fingerprint density at radius 2 is 2.16 bits per heavy atom. The fourth-order valence-electron chi connectivity index (χ4n) is 2.03. The highest BCUT2D eigenvalue weighted by molar-refractivity contribution is 5.94. The van der Waals surface area contributed by atoms with Gasteiger partial charge < -0.3 is 14.4 Å².